The van der Waals surface area contributed by atoms with Crippen molar-refractivity contribution in [2.24, 2.45) is 11.8 Å². The zero-order valence-corrected chi connectivity index (χ0v) is 12.1. The van der Waals surface area contributed by atoms with E-state index >= 15 is 0 Å². The SMILES string of the molecule is Cc1n[nH]c(C)c1CNCCC1CCC(C)CC1. The molecule has 0 spiro atoms. The highest BCUT2D eigenvalue weighted by Crippen LogP contribution is 2.29. The van der Waals surface area contributed by atoms with Gasteiger partial charge in [0, 0.05) is 17.8 Å². The van der Waals surface area contributed by atoms with E-state index in [-0.39, 0.29) is 0 Å². The van der Waals surface area contributed by atoms with Gasteiger partial charge in [0.15, 0.2) is 0 Å². The summed E-state index contributed by atoms with van der Waals surface area (Å²) >= 11 is 0. The summed E-state index contributed by atoms with van der Waals surface area (Å²) in [5.74, 6) is 1.92. The maximum atomic E-state index is 4.23. The van der Waals surface area contributed by atoms with Gasteiger partial charge in [0.2, 0.25) is 0 Å². The molecule has 3 nitrogen and oxygen atoms in total. The van der Waals surface area contributed by atoms with Crippen LogP contribution >= 0.6 is 0 Å². The van der Waals surface area contributed by atoms with Crippen molar-refractivity contribution >= 4 is 0 Å². The molecule has 2 rings (SSSR count). The molecule has 1 aliphatic carbocycles. The molecule has 3 heteroatoms. The molecule has 102 valence electrons. The largest absolute Gasteiger partial charge is 0.313 e. The predicted octanol–water partition coefficient (Wildman–Crippen LogP) is 3.33. The van der Waals surface area contributed by atoms with E-state index in [2.05, 4.69) is 36.3 Å². The van der Waals surface area contributed by atoms with Crippen molar-refractivity contribution in [1.29, 1.82) is 0 Å². The molecule has 0 atom stereocenters. The Bertz CT molecular complexity index is 342. The number of aromatic amines is 1. The molecule has 1 fully saturated rings. The summed E-state index contributed by atoms with van der Waals surface area (Å²) in [6.07, 6.45) is 7.08. The molecule has 0 bridgehead atoms. The second-order valence-corrected chi connectivity index (χ2v) is 6.00. The molecule has 0 aromatic carbocycles. The molecule has 1 aromatic rings. The van der Waals surface area contributed by atoms with Crippen LogP contribution in [0.5, 0.6) is 0 Å². The van der Waals surface area contributed by atoms with Crippen LogP contribution in [0.25, 0.3) is 0 Å². The highest BCUT2D eigenvalue weighted by atomic mass is 15.1. The first-order chi connectivity index (χ1) is 8.66. The van der Waals surface area contributed by atoms with Gasteiger partial charge in [0.25, 0.3) is 0 Å². The fraction of sp³-hybridized carbons (Fsp3) is 0.800. The van der Waals surface area contributed by atoms with E-state index in [1.54, 1.807) is 0 Å². The normalized spacial score (nSPS) is 24.4. The molecule has 0 saturated heterocycles. The van der Waals surface area contributed by atoms with Gasteiger partial charge >= 0.3 is 0 Å². The Balaban J connectivity index is 1.64. The minimum atomic E-state index is 0.956. The van der Waals surface area contributed by atoms with Gasteiger partial charge in [0.05, 0.1) is 5.69 Å². The van der Waals surface area contributed by atoms with Gasteiger partial charge in [-0.15, -0.1) is 0 Å². The fourth-order valence-electron chi connectivity index (χ4n) is 2.97. The molecule has 18 heavy (non-hydrogen) atoms. The Morgan fingerprint density at radius 1 is 1.22 bits per heavy atom. The van der Waals surface area contributed by atoms with Crippen molar-refractivity contribution < 1.29 is 0 Å². The second kappa shape index (κ2) is 6.37. The van der Waals surface area contributed by atoms with Gasteiger partial charge in [-0.05, 0) is 38.6 Å². The Labute approximate surface area is 111 Å². The Hall–Kier alpha value is -0.830. The minimum Gasteiger partial charge on any atom is -0.313 e. The minimum absolute atomic E-state index is 0.956. The smallest absolute Gasteiger partial charge is 0.0638 e. The lowest BCUT2D eigenvalue weighted by atomic mass is 9.81. The van der Waals surface area contributed by atoms with Crippen LogP contribution in [0.3, 0.4) is 0 Å². The first kappa shape index (κ1) is 13.6. The van der Waals surface area contributed by atoms with Crippen molar-refractivity contribution in [2.75, 3.05) is 6.54 Å². The number of hydrogen-bond acceptors (Lipinski definition) is 2. The molecule has 1 heterocycles. The molecular formula is C15H27N3. The van der Waals surface area contributed by atoms with Crippen LogP contribution in [0.1, 0.15) is 56.0 Å². The van der Waals surface area contributed by atoms with Crippen molar-refractivity contribution in [1.82, 2.24) is 15.5 Å². The topological polar surface area (TPSA) is 40.7 Å². The summed E-state index contributed by atoms with van der Waals surface area (Å²) in [6, 6.07) is 0. The molecule has 1 aliphatic rings. The standard InChI is InChI=1S/C15H27N3/c1-11-4-6-14(7-5-11)8-9-16-10-15-12(2)17-18-13(15)3/h11,14,16H,4-10H2,1-3H3,(H,17,18). The zero-order valence-electron chi connectivity index (χ0n) is 12.1. The van der Waals surface area contributed by atoms with Gasteiger partial charge in [-0.3, -0.25) is 5.10 Å². The molecule has 0 aliphatic heterocycles. The van der Waals surface area contributed by atoms with Crippen molar-refractivity contribution in [3.63, 3.8) is 0 Å². The summed E-state index contributed by atoms with van der Waals surface area (Å²) < 4.78 is 0. The van der Waals surface area contributed by atoms with Gasteiger partial charge < -0.3 is 5.32 Å². The van der Waals surface area contributed by atoms with Crippen LogP contribution < -0.4 is 5.32 Å². The first-order valence-electron chi connectivity index (χ1n) is 7.38. The first-order valence-corrected chi connectivity index (χ1v) is 7.38. The van der Waals surface area contributed by atoms with E-state index in [0.29, 0.717) is 0 Å². The lowest BCUT2D eigenvalue weighted by Gasteiger charge is -2.26. The van der Waals surface area contributed by atoms with Crippen LogP contribution in [0, 0.1) is 25.7 Å². The Morgan fingerprint density at radius 3 is 2.56 bits per heavy atom. The average molecular weight is 249 g/mol. The average Bonchev–Trinajstić information content (AvgIpc) is 2.68. The summed E-state index contributed by atoms with van der Waals surface area (Å²) in [5.41, 5.74) is 3.67. The maximum absolute atomic E-state index is 4.23. The van der Waals surface area contributed by atoms with Crippen molar-refractivity contribution in [3.05, 3.63) is 17.0 Å². The van der Waals surface area contributed by atoms with Crippen LogP contribution in [-0.4, -0.2) is 16.7 Å². The maximum Gasteiger partial charge on any atom is 0.0638 e. The highest BCUT2D eigenvalue weighted by Gasteiger charge is 2.17. The second-order valence-electron chi connectivity index (χ2n) is 6.00. The number of hydrogen-bond donors (Lipinski definition) is 2. The molecular weight excluding hydrogens is 222 g/mol. The van der Waals surface area contributed by atoms with Gasteiger partial charge in [-0.25, -0.2) is 0 Å². The zero-order chi connectivity index (χ0) is 13.0. The van der Waals surface area contributed by atoms with Crippen LogP contribution in [0.15, 0.2) is 0 Å². The summed E-state index contributed by atoms with van der Waals surface area (Å²) in [7, 11) is 0. The Kier molecular flexibility index (Phi) is 4.81. The van der Waals surface area contributed by atoms with E-state index in [4.69, 9.17) is 0 Å². The lowest BCUT2D eigenvalue weighted by Crippen LogP contribution is -2.21. The van der Waals surface area contributed by atoms with Crippen LogP contribution in [-0.2, 0) is 6.54 Å². The van der Waals surface area contributed by atoms with Crippen molar-refractivity contribution in [2.45, 2.75) is 59.4 Å². The number of nitrogens with zero attached hydrogens (tertiary/aromatic N) is 1. The quantitative estimate of drug-likeness (QED) is 0.786. The molecule has 0 unspecified atom stereocenters. The summed E-state index contributed by atoms with van der Waals surface area (Å²) in [6.45, 7) is 8.65. The monoisotopic (exact) mass is 249 g/mol. The fourth-order valence-corrected chi connectivity index (χ4v) is 2.97. The summed E-state index contributed by atoms with van der Waals surface area (Å²) in [4.78, 5) is 0. The van der Waals surface area contributed by atoms with E-state index < -0.39 is 0 Å². The van der Waals surface area contributed by atoms with Crippen LogP contribution in [0.4, 0.5) is 0 Å². The number of aromatic nitrogens is 2. The number of rotatable bonds is 5. The van der Waals surface area contributed by atoms with Crippen LogP contribution in [0.2, 0.25) is 0 Å². The number of aryl methyl sites for hydroxylation is 2. The van der Waals surface area contributed by atoms with Crippen molar-refractivity contribution in [3.8, 4) is 0 Å². The number of nitrogens with one attached hydrogen (secondary N) is 2. The van der Waals surface area contributed by atoms with E-state index in [1.807, 2.05) is 0 Å². The lowest BCUT2D eigenvalue weighted by molar-refractivity contribution is 0.275. The van der Waals surface area contributed by atoms with E-state index in [0.717, 1.165) is 30.6 Å². The summed E-state index contributed by atoms with van der Waals surface area (Å²) in [5, 5.41) is 10.8. The molecule has 1 saturated carbocycles. The molecule has 0 amide bonds. The third kappa shape index (κ3) is 3.58. The van der Waals surface area contributed by atoms with Gasteiger partial charge in [0.1, 0.15) is 0 Å². The Morgan fingerprint density at radius 2 is 1.94 bits per heavy atom. The molecule has 1 aromatic heterocycles. The van der Waals surface area contributed by atoms with E-state index in [9.17, 15) is 0 Å². The third-order valence-corrected chi connectivity index (χ3v) is 4.45. The third-order valence-electron chi connectivity index (χ3n) is 4.45. The molecule has 2 N–H and O–H groups in total. The molecule has 0 radical (unpaired) electrons. The number of H-pyrrole nitrogens is 1. The highest BCUT2D eigenvalue weighted by molar-refractivity contribution is 5.22. The van der Waals surface area contributed by atoms with Gasteiger partial charge in [-0.1, -0.05) is 32.6 Å². The van der Waals surface area contributed by atoms with Gasteiger partial charge in [-0.2, -0.15) is 5.10 Å². The predicted molar refractivity (Wildman–Crippen MR) is 75.5 cm³/mol. The van der Waals surface area contributed by atoms with E-state index in [1.165, 1.54) is 43.4 Å².